The fourth-order valence-corrected chi connectivity index (χ4v) is 3.05. The monoisotopic (exact) mass is 365 g/mol. The van der Waals surface area contributed by atoms with Crippen molar-refractivity contribution in [2.24, 2.45) is 0 Å². The van der Waals surface area contributed by atoms with E-state index in [2.05, 4.69) is 28.4 Å². The van der Waals surface area contributed by atoms with Gasteiger partial charge in [0.1, 0.15) is 11.6 Å². The minimum absolute atomic E-state index is 0.00307. The van der Waals surface area contributed by atoms with Crippen LogP contribution in [-0.2, 0) is 4.79 Å². The first-order valence-electron chi connectivity index (χ1n) is 9.00. The smallest absolute Gasteiger partial charge is 0.262 e. The minimum atomic E-state index is -1.05. The van der Waals surface area contributed by atoms with E-state index in [0.29, 0.717) is 5.57 Å². The summed E-state index contributed by atoms with van der Waals surface area (Å²) in [5.74, 6) is -0.560. The van der Waals surface area contributed by atoms with Crippen LogP contribution in [0.1, 0.15) is 18.9 Å². The number of aliphatic hydroxyl groups is 2. The summed E-state index contributed by atoms with van der Waals surface area (Å²) in [6.45, 7) is 3.37. The summed E-state index contributed by atoms with van der Waals surface area (Å²) in [7, 11) is 0. The Kier molecular flexibility index (Phi) is 5.75. The molecule has 6 nitrogen and oxygen atoms in total. The number of rotatable bonds is 6. The van der Waals surface area contributed by atoms with E-state index in [0.717, 1.165) is 29.4 Å². The molecule has 1 saturated heterocycles. The molecule has 1 unspecified atom stereocenters. The summed E-state index contributed by atoms with van der Waals surface area (Å²) < 4.78 is 0. The molecule has 27 heavy (non-hydrogen) atoms. The van der Waals surface area contributed by atoms with Crippen LogP contribution in [-0.4, -0.2) is 48.5 Å². The van der Waals surface area contributed by atoms with Crippen LogP contribution >= 0.6 is 0 Å². The van der Waals surface area contributed by atoms with Crippen molar-refractivity contribution in [2.75, 3.05) is 31.1 Å². The lowest BCUT2D eigenvalue weighted by molar-refractivity contribution is -0.117. The Hall–Kier alpha value is -2.88. The van der Waals surface area contributed by atoms with E-state index in [9.17, 15) is 15.2 Å². The molecular weight excluding hydrogens is 342 g/mol. The van der Waals surface area contributed by atoms with Crippen molar-refractivity contribution < 1.29 is 15.0 Å². The Bertz CT molecular complexity index is 926. The molecule has 0 spiro atoms. The zero-order valence-corrected chi connectivity index (χ0v) is 15.3. The zero-order valence-electron chi connectivity index (χ0n) is 15.3. The molecule has 0 radical (unpaired) electrons. The van der Waals surface area contributed by atoms with Gasteiger partial charge < -0.3 is 20.4 Å². The van der Waals surface area contributed by atoms with Gasteiger partial charge in [-0.1, -0.05) is 18.2 Å². The van der Waals surface area contributed by atoms with Crippen molar-refractivity contribution in [3.05, 3.63) is 47.5 Å². The first-order valence-corrected chi connectivity index (χ1v) is 9.00. The highest BCUT2D eigenvalue weighted by Crippen LogP contribution is 2.28. The first-order chi connectivity index (χ1) is 13.0. The molecule has 3 N–H and O–H groups in total. The van der Waals surface area contributed by atoms with E-state index in [1.54, 1.807) is 6.92 Å². The molecule has 0 aromatic heterocycles. The predicted molar refractivity (Wildman–Crippen MR) is 105 cm³/mol. The Morgan fingerprint density at radius 2 is 1.96 bits per heavy atom. The van der Waals surface area contributed by atoms with Crippen LogP contribution < -0.4 is 10.2 Å². The van der Waals surface area contributed by atoms with Crippen molar-refractivity contribution in [1.29, 1.82) is 5.26 Å². The quantitative estimate of drug-likeness (QED) is 0.536. The number of carbonyl (C=O) groups excluding carboxylic acids is 1. The van der Waals surface area contributed by atoms with E-state index in [1.165, 1.54) is 12.1 Å². The molecule has 0 saturated carbocycles. The van der Waals surface area contributed by atoms with Gasteiger partial charge in [0.25, 0.3) is 5.91 Å². The summed E-state index contributed by atoms with van der Waals surface area (Å²) in [5.41, 5.74) is 2.58. The van der Waals surface area contributed by atoms with Gasteiger partial charge in [-0.25, -0.2) is 0 Å². The highest BCUT2D eigenvalue weighted by Gasteiger charge is 2.16. The Morgan fingerprint density at radius 1 is 1.26 bits per heavy atom. The normalized spacial score (nSPS) is 15.6. The van der Waals surface area contributed by atoms with Gasteiger partial charge >= 0.3 is 0 Å². The number of anilines is 1. The molecule has 1 aliphatic rings. The minimum Gasteiger partial charge on any atom is -0.394 e. The first kappa shape index (κ1) is 18.9. The molecule has 1 atom stereocenters. The van der Waals surface area contributed by atoms with Crippen LogP contribution in [0.25, 0.3) is 16.3 Å². The fourth-order valence-electron chi connectivity index (χ4n) is 3.05. The third kappa shape index (κ3) is 4.11. The van der Waals surface area contributed by atoms with E-state index >= 15 is 0 Å². The Balaban J connectivity index is 1.86. The van der Waals surface area contributed by atoms with Crippen LogP contribution in [0.5, 0.6) is 0 Å². The number of fused-ring (bicyclic) bond motifs is 1. The Labute approximate surface area is 158 Å². The number of hydrogen-bond donors (Lipinski definition) is 3. The largest absolute Gasteiger partial charge is 0.394 e. The number of nitrogens with one attached hydrogen (secondary N) is 1. The predicted octanol–water partition coefficient (Wildman–Crippen LogP) is 1.82. The number of nitrogens with zero attached hydrogens (tertiary/aromatic N) is 2. The average Bonchev–Trinajstić information content (AvgIpc) is 2.64. The second-order valence-corrected chi connectivity index (χ2v) is 6.75. The molecule has 3 rings (SSSR count). The lowest BCUT2D eigenvalue weighted by Crippen LogP contribution is -2.36. The maximum atomic E-state index is 12.2. The third-order valence-electron chi connectivity index (χ3n) is 4.90. The van der Waals surface area contributed by atoms with Gasteiger partial charge in [0, 0.05) is 25.3 Å². The van der Waals surface area contributed by atoms with Crippen LogP contribution in [0.15, 0.2) is 42.0 Å². The van der Waals surface area contributed by atoms with Crippen LogP contribution in [0, 0.1) is 11.3 Å². The van der Waals surface area contributed by atoms with Crippen molar-refractivity contribution in [3.63, 3.8) is 0 Å². The summed E-state index contributed by atoms with van der Waals surface area (Å²) in [6, 6.07) is 14.1. The number of aliphatic hydroxyl groups excluding tert-OH is 2. The molecule has 2 aromatic carbocycles. The SMILES string of the molecule is C/C(=C(/C#N)C(=O)NCC(O)CO)c1ccc2cc(N3CCC3)ccc2c1. The summed E-state index contributed by atoms with van der Waals surface area (Å²) in [4.78, 5) is 14.6. The number of nitriles is 1. The molecule has 2 aromatic rings. The number of hydrogen-bond acceptors (Lipinski definition) is 5. The molecule has 0 aliphatic carbocycles. The van der Waals surface area contributed by atoms with Gasteiger partial charge in [0.05, 0.1) is 12.7 Å². The van der Waals surface area contributed by atoms with E-state index < -0.39 is 18.6 Å². The summed E-state index contributed by atoms with van der Waals surface area (Å²) >= 11 is 0. The number of amides is 1. The topological polar surface area (TPSA) is 96.6 Å². The summed E-state index contributed by atoms with van der Waals surface area (Å²) in [5, 5.41) is 32.2. The number of carbonyl (C=O) groups is 1. The molecule has 1 heterocycles. The van der Waals surface area contributed by atoms with Gasteiger partial charge in [0.15, 0.2) is 0 Å². The number of benzene rings is 2. The highest BCUT2D eigenvalue weighted by atomic mass is 16.3. The van der Waals surface area contributed by atoms with Crippen LogP contribution in [0.4, 0.5) is 5.69 Å². The lowest BCUT2D eigenvalue weighted by Gasteiger charge is -2.33. The Morgan fingerprint density at radius 3 is 2.59 bits per heavy atom. The van der Waals surface area contributed by atoms with E-state index in [4.69, 9.17) is 5.11 Å². The van der Waals surface area contributed by atoms with Gasteiger partial charge in [-0.2, -0.15) is 5.26 Å². The highest BCUT2D eigenvalue weighted by molar-refractivity contribution is 6.05. The fraction of sp³-hybridized carbons (Fsp3) is 0.333. The molecule has 1 aliphatic heterocycles. The number of allylic oxidation sites excluding steroid dienone is 1. The zero-order chi connectivity index (χ0) is 19.4. The molecule has 1 fully saturated rings. The summed E-state index contributed by atoms with van der Waals surface area (Å²) in [6.07, 6.45) is 0.186. The maximum Gasteiger partial charge on any atom is 0.262 e. The van der Waals surface area contributed by atoms with Crippen molar-refractivity contribution in [3.8, 4) is 6.07 Å². The molecule has 140 valence electrons. The molecule has 1 amide bonds. The van der Waals surface area contributed by atoms with Gasteiger partial charge in [-0.3, -0.25) is 4.79 Å². The van der Waals surface area contributed by atoms with Gasteiger partial charge in [0.2, 0.25) is 0 Å². The van der Waals surface area contributed by atoms with Gasteiger partial charge in [-0.05, 0) is 53.5 Å². The van der Waals surface area contributed by atoms with Gasteiger partial charge in [-0.15, -0.1) is 0 Å². The second-order valence-electron chi connectivity index (χ2n) is 6.75. The maximum absolute atomic E-state index is 12.2. The average molecular weight is 365 g/mol. The van der Waals surface area contributed by atoms with E-state index in [1.807, 2.05) is 24.3 Å². The van der Waals surface area contributed by atoms with Crippen molar-refractivity contribution in [2.45, 2.75) is 19.4 Å². The van der Waals surface area contributed by atoms with Crippen molar-refractivity contribution >= 4 is 27.9 Å². The molecule has 0 bridgehead atoms. The molecule has 6 heteroatoms. The van der Waals surface area contributed by atoms with Crippen LogP contribution in [0.2, 0.25) is 0 Å². The standard InChI is InChI=1S/C21H23N3O3/c1-14(20(11-22)21(27)23-12-19(26)13-25)15-3-4-17-10-18(24-7-2-8-24)6-5-16(17)9-15/h3-6,9-10,19,25-26H,2,7-8,12-13H2,1H3,(H,23,27)/b20-14+. The second kappa shape index (κ2) is 8.21. The van der Waals surface area contributed by atoms with Crippen molar-refractivity contribution in [1.82, 2.24) is 5.32 Å². The lowest BCUT2D eigenvalue weighted by atomic mass is 9.98. The van der Waals surface area contributed by atoms with Crippen LogP contribution in [0.3, 0.4) is 0 Å². The van der Waals surface area contributed by atoms with E-state index in [-0.39, 0.29) is 12.1 Å². The molecular formula is C21H23N3O3. The third-order valence-corrected chi connectivity index (χ3v) is 4.90.